The molecule has 1 aliphatic rings. The zero-order valence-electron chi connectivity index (χ0n) is 9.93. The van der Waals surface area contributed by atoms with Crippen LogP contribution in [-0.4, -0.2) is 19.0 Å². The fraction of sp³-hybridized carbons (Fsp3) is 0.308. The average molecular weight is 295 g/mol. The van der Waals surface area contributed by atoms with Gasteiger partial charge in [0.25, 0.3) is 5.91 Å². The Kier molecular flexibility index (Phi) is 3.64. The molecule has 1 fully saturated rings. The first-order chi connectivity index (χ1) is 8.08. The monoisotopic (exact) mass is 294 g/mol. The zero-order chi connectivity index (χ0) is 12.4. The number of carbonyl (C=O) groups excluding carboxylic acids is 1. The molecule has 0 aliphatic carbocycles. The summed E-state index contributed by atoms with van der Waals surface area (Å²) in [6, 6.07) is 5.81. The molecular weight excluding hydrogens is 280 g/mol. The first-order valence-electron chi connectivity index (χ1n) is 5.55. The van der Waals surface area contributed by atoms with Crippen LogP contribution in [0.25, 0.3) is 0 Å². The predicted octanol–water partition coefficient (Wildman–Crippen LogP) is 2.62. The lowest BCUT2D eigenvalue weighted by molar-refractivity contribution is -0.112. The molecule has 1 amide bonds. The van der Waals surface area contributed by atoms with Crippen LogP contribution in [0.3, 0.4) is 0 Å². The van der Waals surface area contributed by atoms with Crippen molar-refractivity contribution in [2.45, 2.75) is 13.8 Å². The number of carbonyl (C=O) groups is 1. The van der Waals surface area contributed by atoms with Gasteiger partial charge in [0.15, 0.2) is 0 Å². The van der Waals surface area contributed by atoms with Gasteiger partial charge in [0, 0.05) is 28.8 Å². The molecule has 0 unspecified atom stereocenters. The fourth-order valence-electron chi connectivity index (χ4n) is 1.57. The van der Waals surface area contributed by atoms with Gasteiger partial charge in [-0.05, 0) is 37.1 Å². The summed E-state index contributed by atoms with van der Waals surface area (Å²) in [6.07, 6.45) is 0. The number of rotatable bonds is 2. The van der Waals surface area contributed by atoms with Crippen molar-refractivity contribution >= 4 is 27.5 Å². The highest BCUT2D eigenvalue weighted by atomic mass is 79.9. The summed E-state index contributed by atoms with van der Waals surface area (Å²) < 4.78 is 1.01. The Balaban J connectivity index is 2.10. The van der Waals surface area contributed by atoms with E-state index in [0.717, 1.165) is 34.4 Å². The number of anilines is 1. The number of amides is 1. The van der Waals surface area contributed by atoms with Gasteiger partial charge in [-0.2, -0.15) is 0 Å². The third-order valence-corrected chi connectivity index (χ3v) is 3.83. The van der Waals surface area contributed by atoms with E-state index in [2.05, 4.69) is 26.6 Å². The number of hydrogen-bond acceptors (Lipinski definition) is 2. The van der Waals surface area contributed by atoms with Crippen molar-refractivity contribution < 1.29 is 4.79 Å². The molecule has 1 aliphatic heterocycles. The second-order valence-electron chi connectivity index (χ2n) is 4.25. The first kappa shape index (κ1) is 12.3. The van der Waals surface area contributed by atoms with E-state index in [-0.39, 0.29) is 5.91 Å². The minimum absolute atomic E-state index is 0.0164. The summed E-state index contributed by atoms with van der Waals surface area (Å²) in [5.41, 5.74) is 3.98. The molecule has 0 spiro atoms. The minimum atomic E-state index is -0.0164. The van der Waals surface area contributed by atoms with Gasteiger partial charge in [0.05, 0.1) is 0 Å². The second kappa shape index (κ2) is 5.02. The van der Waals surface area contributed by atoms with Gasteiger partial charge in [0.2, 0.25) is 0 Å². The van der Waals surface area contributed by atoms with Crippen molar-refractivity contribution in [3.63, 3.8) is 0 Å². The smallest absolute Gasteiger partial charge is 0.251 e. The molecule has 0 saturated carbocycles. The molecule has 0 bridgehead atoms. The maximum Gasteiger partial charge on any atom is 0.251 e. The van der Waals surface area contributed by atoms with Gasteiger partial charge in [-0.1, -0.05) is 22.0 Å². The Morgan fingerprint density at radius 2 is 2.12 bits per heavy atom. The van der Waals surface area contributed by atoms with Gasteiger partial charge in [-0.3, -0.25) is 4.79 Å². The molecular formula is C13H15BrN2O. The Morgan fingerprint density at radius 3 is 2.65 bits per heavy atom. The van der Waals surface area contributed by atoms with Gasteiger partial charge in [-0.25, -0.2) is 0 Å². The second-order valence-corrected chi connectivity index (χ2v) is 5.10. The molecule has 0 atom stereocenters. The molecule has 2 N–H and O–H groups in total. The topological polar surface area (TPSA) is 41.1 Å². The number of aryl methyl sites for hydroxylation is 1. The van der Waals surface area contributed by atoms with Gasteiger partial charge >= 0.3 is 0 Å². The molecule has 1 heterocycles. The summed E-state index contributed by atoms with van der Waals surface area (Å²) in [6.45, 7) is 5.55. The van der Waals surface area contributed by atoms with E-state index in [1.807, 2.05) is 32.0 Å². The molecule has 2 rings (SSSR count). The van der Waals surface area contributed by atoms with Crippen molar-refractivity contribution in [3.8, 4) is 0 Å². The third-order valence-electron chi connectivity index (χ3n) is 2.98. The van der Waals surface area contributed by atoms with Crippen molar-refractivity contribution in [3.05, 3.63) is 39.4 Å². The van der Waals surface area contributed by atoms with Crippen molar-refractivity contribution in [2.24, 2.45) is 0 Å². The lowest BCUT2D eigenvalue weighted by Crippen LogP contribution is -2.36. The van der Waals surface area contributed by atoms with Gasteiger partial charge in [0.1, 0.15) is 0 Å². The third kappa shape index (κ3) is 2.76. The molecule has 90 valence electrons. The number of nitrogens with one attached hydrogen (secondary N) is 2. The van der Waals surface area contributed by atoms with E-state index < -0.39 is 0 Å². The van der Waals surface area contributed by atoms with Crippen molar-refractivity contribution in [1.82, 2.24) is 5.32 Å². The molecule has 1 saturated heterocycles. The van der Waals surface area contributed by atoms with Crippen LogP contribution in [0.15, 0.2) is 33.8 Å². The van der Waals surface area contributed by atoms with Crippen LogP contribution < -0.4 is 10.6 Å². The normalized spacial score (nSPS) is 14.2. The number of halogens is 1. The standard InChI is InChI=1S/C13H15BrN2O/c1-8-3-4-11(5-12(8)14)16-13(17)9(2)10-6-15-7-10/h3-5,15H,6-7H2,1-2H3,(H,16,17). The van der Waals surface area contributed by atoms with Crippen molar-refractivity contribution in [1.29, 1.82) is 0 Å². The summed E-state index contributed by atoms with van der Waals surface area (Å²) in [5, 5.41) is 6.04. The van der Waals surface area contributed by atoms with Crippen LogP contribution in [0, 0.1) is 6.92 Å². The van der Waals surface area contributed by atoms with Crippen LogP contribution in [-0.2, 0) is 4.79 Å². The molecule has 1 aromatic rings. The molecule has 0 aromatic heterocycles. The van der Waals surface area contributed by atoms with Crippen LogP contribution in [0.5, 0.6) is 0 Å². The molecule has 3 nitrogen and oxygen atoms in total. The number of hydrogen-bond donors (Lipinski definition) is 2. The minimum Gasteiger partial charge on any atom is -0.322 e. The number of benzene rings is 1. The van der Waals surface area contributed by atoms with E-state index in [0.29, 0.717) is 0 Å². The van der Waals surface area contributed by atoms with Crippen molar-refractivity contribution in [2.75, 3.05) is 18.4 Å². The summed E-state index contributed by atoms with van der Waals surface area (Å²) in [5.74, 6) is -0.0164. The molecule has 17 heavy (non-hydrogen) atoms. The van der Waals surface area contributed by atoms with Crippen LogP contribution in [0.4, 0.5) is 5.69 Å². The first-order valence-corrected chi connectivity index (χ1v) is 6.34. The SMILES string of the molecule is CC(C(=O)Nc1ccc(C)c(Br)c1)=C1CNC1. The summed E-state index contributed by atoms with van der Waals surface area (Å²) in [7, 11) is 0. The van der Waals surface area contributed by atoms with E-state index in [9.17, 15) is 4.79 Å². The Morgan fingerprint density at radius 1 is 1.41 bits per heavy atom. The van der Waals surface area contributed by atoms with Crippen LogP contribution >= 0.6 is 15.9 Å². The highest BCUT2D eigenvalue weighted by molar-refractivity contribution is 9.10. The lowest BCUT2D eigenvalue weighted by atomic mass is 10.0. The molecule has 0 radical (unpaired) electrons. The van der Waals surface area contributed by atoms with Gasteiger partial charge < -0.3 is 10.6 Å². The summed E-state index contributed by atoms with van der Waals surface area (Å²) in [4.78, 5) is 11.9. The molecule has 1 aromatic carbocycles. The zero-order valence-corrected chi connectivity index (χ0v) is 11.5. The highest BCUT2D eigenvalue weighted by Gasteiger charge is 2.16. The maximum atomic E-state index is 11.9. The molecule has 4 heteroatoms. The van der Waals surface area contributed by atoms with Gasteiger partial charge in [-0.15, -0.1) is 0 Å². The largest absolute Gasteiger partial charge is 0.322 e. The maximum absolute atomic E-state index is 11.9. The lowest BCUT2D eigenvalue weighted by Gasteiger charge is -2.21. The van der Waals surface area contributed by atoms with Crippen LogP contribution in [0.1, 0.15) is 12.5 Å². The van der Waals surface area contributed by atoms with E-state index in [4.69, 9.17) is 0 Å². The highest BCUT2D eigenvalue weighted by Crippen LogP contribution is 2.21. The predicted molar refractivity (Wildman–Crippen MR) is 73.1 cm³/mol. The fourth-order valence-corrected chi connectivity index (χ4v) is 1.95. The van der Waals surface area contributed by atoms with E-state index in [1.165, 1.54) is 5.57 Å². The van der Waals surface area contributed by atoms with E-state index >= 15 is 0 Å². The van der Waals surface area contributed by atoms with Crippen LogP contribution in [0.2, 0.25) is 0 Å². The Labute approximate surface area is 109 Å². The quantitative estimate of drug-likeness (QED) is 0.824. The average Bonchev–Trinajstić information content (AvgIpc) is 2.21. The van der Waals surface area contributed by atoms with E-state index in [1.54, 1.807) is 0 Å². The Hall–Kier alpha value is -1.13. The summed E-state index contributed by atoms with van der Waals surface area (Å²) >= 11 is 3.45. The Bertz CT molecular complexity index is 488.